The second kappa shape index (κ2) is 5.24. The third-order valence-corrected chi connectivity index (χ3v) is 5.90. The average molecular weight is 260 g/mol. The molecule has 5 heteroatoms. The monoisotopic (exact) mass is 260 g/mol. The van der Waals surface area contributed by atoms with Gasteiger partial charge < -0.3 is 4.90 Å². The van der Waals surface area contributed by atoms with Crippen molar-refractivity contribution in [3.8, 4) is 0 Å². The summed E-state index contributed by atoms with van der Waals surface area (Å²) in [6, 6.07) is 0.615. The van der Waals surface area contributed by atoms with Gasteiger partial charge in [0.1, 0.15) is 0 Å². The molecule has 4 nitrogen and oxygen atoms in total. The summed E-state index contributed by atoms with van der Waals surface area (Å²) in [7, 11) is -2.84. The van der Waals surface area contributed by atoms with Gasteiger partial charge in [0, 0.05) is 18.8 Å². The Bertz CT molecular complexity index is 348. The van der Waals surface area contributed by atoms with E-state index < -0.39 is 9.84 Å². The van der Waals surface area contributed by atoms with Crippen molar-refractivity contribution in [2.45, 2.75) is 37.5 Å². The van der Waals surface area contributed by atoms with Crippen molar-refractivity contribution in [3.05, 3.63) is 0 Å². The van der Waals surface area contributed by atoms with E-state index in [-0.39, 0.29) is 5.25 Å². The number of sulfone groups is 1. The number of rotatable bonds is 3. The number of piperidine rings is 1. The Morgan fingerprint density at radius 1 is 1.12 bits per heavy atom. The molecule has 0 aromatic heterocycles. The molecule has 2 rings (SSSR count). The van der Waals surface area contributed by atoms with Crippen molar-refractivity contribution < 1.29 is 8.42 Å². The lowest BCUT2D eigenvalue weighted by molar-refractivity contribution is 0.131. The van der Waals surface area contributed by atoms with Crippen molar-refractivity contribution in [1.82, 2.24) is 9.80 Å². The fraction of sp³-hybridized carbons (Fsp3) is 1.00. The quantitative estimate of drug-likeness (QED) is 0.745. The SMILES string of the molecule is CCN1CCC(N2CCC(S(C)(=O)=O)C2)CC1. The Labute approximate surface area is 105 Å². The second-order valence-corrected chi connectivity index (χ2v) is 7.73. The molecule has 2 heterocycles. The van der Waals surface area contributed by atoms with Gasteiger partial charge in [-0.2, -0.15) is 0 Å². The Balaban J connectivity index is 1.86. The lowest BCUT2D eigenvalue weighted by atomic mass is 10.0. The Morgan fingerprint density at radius 2 is 1.76 bits per heavy atom. The van der Waals surface area contributed by atoms with Crippen LogP contribution in [0.3, 0.4) is 0 Å². The third-order valence-electron chi connectivity index (χ3n) is 4.30. The summed E-state index contributed by atoms with van der Waals surface area (Å²) in [5, 5.41) is -0.119. The standard InChI is InChI=1S/C12H24N2O2S/c1-3-13-7-4-11(5-8-13)14-9-6-12(10-14)17(2,15)16/h11-12H,3-10H2,1-2H3. The molecule has 2 aliphatic rings. The molecular formula is C12H24N2O2S. The van der Waals surface area contributed by atoms with Crippen LogP contribution in [0.4, 0.5) is 0 Å². The van der Waals surface area contributed by atoms with E-state index in [9.17, 15) is 8.42 Å². The molecule has 17 heavy (non-hydrogen) atoms. The van der Waals surface area contributed by atoms with E-state index in [1.54, 1.807) is 0 Å². The molecular weight excluding hydrogens is 236 g/mol. The molecule has 0 spiro atoms. The summed E-state index contributed by atoms with van der Waals surface area (Å²) >= 11 is 0. The van der Waals surface area contributed by atoms with Crippen molar-refractivity contribution in [2.75, 3.05) is 39.0 Å². The van der Waals surface area contributed by atoms with Crippen molar-refractivity contribution in [2.24, 2.45) is 0 Å². The molecule has 0 aromatic carbocycles. The van der Waals surface area contributed by atoms with Gasteiger partial charge in [-0.15, -0.1) is 0 Å². The van der Waals surface area contributed by atoms with Gasteiger partial charge in [-0.1, -0.05) is 6.92 Å². The fourth-order valence-corrected chi connectivity index (χ4v) is 4.03. The van der Waals surface area contributed by atoms with Crippen molar-refractivity contribution in [3.63, 3.8) is 0 Å². The van der Waals surface area contributed by atoms with Crippen LogP contribution in [0.5, 0.6) is 0 Å². The Kier molecular flexibility index (Phi) is 4.10. The first-order valence-electron chi connectivity index (χ1n) is 6.66. The molecule has 0 N–H and O–H groups in total. The summed E-state index contributed by atoms with van der Waals surface area (Å²) in [5.74, 6) is 0. The summed E-state index contributed by atoms with van der Waals surface area (Å²) in [6.45, 7) is 7.40. The largest absolute Gasteiger partial charge is 0.303 e. The predicted molar refractivity (Wildman–Crippen MR) is 70.0 cm³/mol. The second-order valence-electron chi connectivity index (χ2n) is 5.40. The van der Waals surface area contributed by atoms with Gasteiger partial charge in [0.2, 0.25) is 0 Å². The maximum Gasteiger partial charge on any atom is 0.151 e. The number of likely N-dealkylation sites (tertiary alicyclic amines) is 2. The van der Waals surface area contributed by atoms with Gasteiger partial charge in [-0.3, -0.25) is 4.90 Å². The highest BCUT2D eigenvalue weighted by Crippen LogP contribution is 2.23. The molecule has 2 fully saturated rings. The first-order chi connectivity index (χ1) is 8.00. The molecule has 0 amide bonds. The molecule has 0 saturated carbocycles. The molecule has 0 radical (unpaired) electrons. The highest BCUT2D eigenvalue weighted by atomic mass is 32.2. The third kappa shape index (κ3) is 3.20. The Hall–Kier alpha value is -0.130. The molecule has 1 unspecified atom stereocenters. The minimum Gasteiger partial charge on any atom is -0.303 e. The van der Waals surface area contributed by atoms with Gasteiger partial charge in [0.05, 0.1) is 5.25 Å². The van der Waals surface area contributed by atoms with E-state index in [0.717, 1.165) is 26.1 Å². The first kappa shape index (κ1) is 13.3. The number of hydrogen-bond donors (Lipinski definition) is 0. The highest BCUT2D eigenvalue weighted by Gasteiger charge is 2.34. The van der Waals surface area contributed by atoms with Crippen LogP contribution in [0.1, 0.15) is 26.2 Å². The maximum absolute atomic E-state index is 11.5. The van der Waals surface area contributed by atoms with Crippen molar-refractivity contribution >= 4 is 9.84 Å². The van der Waals surface area contributed by atoms with E-state index in [2.05, 4.69) is 16.7 Å². The molecule has 0 bridgehead atoms. The van der Waals surface area contributed by atoms with Crippen LogP contribution >= 0.6 is 0 Å². The number of hydrogen-bond acceptors (Lipinski definition) is 4. The van der Waals surface area contributed by atoms with E-state index in [4.69, 9.17) is 0 Å². The minimum atomic E-state index is -2.84. The zero-order valence-electron chi connectivity index (χ0n) is 10.9. The molecule has 2 saturated heterocycles. The lowest BCUT2D eigenvalue weighted by Crippen LogP contribution is -2.44. The average Bonchev–Trinajstić information content (AvgIpc) is 2.78. The van der Waals surface area contributed by atoms with Crippen LogP contribution in [-0.4, -0.2) is 68.5 Å². The smallest absolute Gasteiger partial charge is 0.151 e. The predicted octanol–water partition coefficient (Wildman–Crippen LogP) is 0.590. The normalized spacial score (nSPS) is 29.9. The zero-order valence-corrected chi connectivity index (χ0v) is 11.7. The summed E-state index contributed by atoms with van der Waals surface area (Å²) in [5.41, 5.74) is 0. The molecule has 2 aliphatic heterocycles. The van der Waals surface area contributed by atoms with Crippen LogP contribution in [-0.2, 0) is 9.84 Å². The summed E-state index contributed by atoms with van der Waals surface area (Å²) in [4.78, 5) is 4.87. The fourth-order valence-electron chi connectivity index (χ4n) is 3.04. The highest BCUT2D eigenvalue weighted by molar-refractivity contribution is 7.91. The van der Waals surface area contributed by atoms with Gasteiger partial charge in [-0.25, -0.2) is 8.42 Å². The summed E-state index contributed by atoms with van der Waals surface area (Å²) in [6.07, 6.45) is 4.60. The van der Waals surface area contributed by atoms with Crippen LogP contribution in [0.25, 0.3) is 0 Å². The van der Waals surface area contributed by atoms with Crippen LogP contribution in [0.2, 0.25) is 0 Å². The van der Waals surface area contributed by atoms with Crippen LogP contribution in [0, 0.1) is 0 Å². The van der Waals surface area contributed by atoms with Gasteiger partial charge in [-0.05, 0) is 45.4 Å². The number of nitrogens with zero attached hydrogens (tertiary/aromatic N) is 2. The van der Waals surface area contributed by atoms with Gasteiger partial charge in [0.15, 0.2) is 9.84 Å². The van der Waals surface area contributed by atoms with Gasteiger partial charge >= 0.3 is 0 Å². The molecule has 1 atom stereocenters. The molecule has 100 valence electrons. The van der Waals surface area contributed by atoms with E-state index in [1.807, 2.05) is 0 Å². The van der Waals surface area contributed by atoms with Crippen LogP contribution in [0.15, 0.2) is 0 Å². The maximum atomic E-state index is 11.5. The van der Waals surface area contributed by atoms with Crippen LogP contribution < -0.4 is 0 Å². The van der Waals surface area contributed by atoms with E-state index in [0.29, 0.717) is 6.04 Å². The van der Waals surface area contributed by atoms with E-state index in [1.165, 1.54) is 32.2 Å². The van der Waals surface area contributed by atoms with E-state index >= 15 is 0 Å². The lowest BCUT2D eigenvalue weighted by Gasteiger charge is -2.36. The Morgan fingerprint density at radius 3 is 2.24 bits per heavy atom. The molecule has 0 aliphatic carbocycles. The van der Waals surface area contributed by atoms with Gasteiger partial charge in [0.25, 0.3) is 0 Å². The first-order valence-corrected chi connectivity index (χ1v) is 8.61. The molecule has 0 aromatic rings. The van der Waals surface area contributed by atoms with Crippen molar-refractivity contribution in [1.29, 1.82) is 0 Å². The summed E-state index contributed by atoms with van der Waals surface area (Å²) < 4.78 is 23.1. The zero-order chi connectivity index (χ0) is 12.5. The minimum absolute atomic E-state index is 0.119. The topological polar surface area (TPSA) is 40.6 Å².